The number of carbonyl (C=O) groups excluding carboxylic acids is 1. The fourth-order valence-corrected chi connectivity index (χ4v) is 2.11. The number of rotatable bonds is 4. The van der Waals surface area contributed by atoms with Crippen LogP contribution in [0.1, 0.15) is 23.5 Å². The average molecular weight is 257 g/mol. The van der Waals surface area contributed by atoms with Gasteiger partial charge in [-0.15, -0.1) is 0 Å². The molecule has 0 aromatic carbocycles. The van der Waals surface area contributed by atoms with Crippen LogP contribution in [0.15, 0.2) is 30.5 Å². The van der Waals surface area contributed by atoms with Crippen molar-refractivity contribution in [3.8, 4) is 0 Å². The zero-order valence-electron chi connectivity index (χ0n) is 11.6. The molecular formula is C15H19N3O. The van der Waals surface area contributed by atoms with Crippen LogP contribution in [0.2, 0.25) is 0 Å². The minimum absolute atomic E-state index is 0.0260. The lowest BCUT2D eigenvalue weighted by Gasteiger charge is -2.10. The third-order valence-electron chi connectivity index (χ3n) is 3.16. The van der Waals surface area contributed by atoms with Crippen LogP contribution in [-0.2, 0) is 11.3 Å². The second kappa shape index (κ2) is 5.69. The summed E-state index contributed by atoms with van der Waals surface area (Å²) in [7, 11) is 0. The topological polar surface area (TPSA) is 46.9 Å². The standard InChI is InChI=1S/C15H19N3O/c1-11-10-14(6-8-16-11)17-15(19)7-9-18-12(2)4-5-13(18)3/h4-6,8,10H,7,9H2,1-3H3,(H,16,17,19). The highest BCUT2D eigenvalue weighted by atomic mass is 16.1. The predicted octanol–water partition coefficient (Wildman–Crippen LogP) is 2.84. The molecule has 0 fully saturated rings. The summed E-state index contributed by atoms with van der Waals surface area (Å²) in [6, 6.07) is 7.81. The number of hydrogen-bond donors (Lipinski definition) is 1. The van der Waals surface area contributed by atoms with E-state index in [4.69, 9.17) is 0 Å². The molecule has 2 heterocycles. The highest BCUT2D eigenvalue weighted by molar-refractivity contribution is 5.90. The van der Waals surface area contributed by atoms with Gasteiger partial charge in [-0.2, -0.15) is 0 Å². The fourth-order valence-electron chi connectivity index (χ4n) is 2.11. The number of carbonyl (C=O) groups is 1. The predicted molar refractivity (Wildman–Crippen MR) is 76.1 cm³/mol. The zero-order valence-corrected chi connectivity index (χ0v) is 11.6. The molecule has 2 aromatic heterocycles. The lowest BCUT2D eigenvalue weighted by atomic mass is 10.3. The van der Waals surface area contributed by atoms with E-state index >= 15 is 0 Å². The number of nitrogens with one attached hydrogen (secondary N) is 1. The van der Waals surface area contributed by atoms with E-state index in [0.717, 1.165) is 11.4 Å². The summed E-state index contributed by atoms with van der Waals surface area (Å²) in [6.45, 7) is 6.72. The summed E-state index contributed by atoms with van der Waals surface area (Å²) in [5, 5.41) is 2.89. The Hall–Kier alpha value is -2.10. The van der Waals surface area contributed by atoms with Gasteiger partial charge in [0.25, 0.3) is 0 Å². The molecule has 2 rings (SSSR count). The molecule has 0 saturated carbocycles. The number of amides is 1. The summed E-state index contributed by atoms with van der Waals surface area (Å²) in [5.74, 6) is 0.0260. The number of nitrogens with zero attached hydrogens (tertiary/aromatic N) is 2. The SMILES string of the molecule is Cc1cc(NC(=O)CCn2c(C)ccc2C)ccn1. The Morgan fingerprint density at radius 2 is 1.89 bits per heavy atom. The molecule has 19 heavy (non-hydrogen) atoms. The zero-order chi connectivity index (χ0) is 13.8. The van der Waals surface area contributed by atoms with E-state index < -0.39 is 0 Å². The molecule has 0 atom stereocenters. The Bertz CT molecular complexity index is 567. The van der Waals surface area contributed by atoms with Gasteiger partial charge in [0.2, 0.25) is 5.91 Å². The van der Waals surface area contributed by atoms with Crippen molar-refractivity contribution in [2.75, 3.05) is 5.32 Å². The Balaban J connectivity index is 1.92. The second-order valence-electron chi connectivity index (χ2n) is 4.75. The van der Waals surface area contributed by atoms with Gasteiger partial charge < -0.3 is 9.88 Å². The van der Waals surface area contributed by atoms with Crippen LogP contribution < -0.4 is 5.32 Å². The van der Waals surface area contributed by atoms with E-state index in [-0.39, 0.29) is 5.91 Å². The van der Waals surface area contributed by atoms with Crippen molar-refractivity contribution in [2.24, 2.45) is 0 Å². The maximum absolute atomic E-state index is 11.9. The summed E-state index contributed by atoms with van der Waals surface area (Å²) >= 11 is 0. The third kappa shape index (κ3) is 3.44. The van der Waals surface area contributed by atoms with Crippen molar-refractivity contribution >= 4 is 11.6 Å². The maximum Gasteiger partial charge on any atom is 0.226 e. The number of aryl methyl sites for hydroxylation is 3. The normalized spacial score (nSPS) is 10.5. The van der Waals surface area contributed by atoms with Gasteiger partial charge in [0.05, 0.1) is 0 Å². The van der Waals surface area contributed by atoms with Crippen LogP contribution in [-0.4, -0.2) is 15.5 Å². The van der Waals surface area contributed by atoms with Crippen molar-refractivity contribution in [1.29, 1.82) is 0 Å². The van der Waals surface area contributed by atoms with E-state index in [1.165, 1.54) is 11.4 Å². The van der Waals surface area contributed by atoms with E-state index in [2.05, 4.69) is 40.8 Å². The molecule has 1 amide bonds. The molecule has 0 saturated heterocycles. The molecule has 0 aliphatic heterocycles. The Morgan fingerprint density at radius 3 is 2.53 bits per heavy atom. The maximum atomic E-state index is 11.9. The van der Waals surface area contributed by atoms with Crippen LogP contribution in [0, 0.1) is 20.8 Å². The first-order valence-electron chi connectivity index (χ1n) is 6.41. The number of pyridine rings is 1. The first kappa shape index (κ1) is 13.3. The van der Waals surface area contributed by atoms with Crippen molar-refractivity contribution in [3.05, 3.63) is 47.5 Å². The van der Waals surface area contributed by atoms with E-state index in [9.17, 15) is 4.79 Å². The van der Waals surface area contributed by atoms with Gasteiger partial charge in [0.15, 0.2) is 0 Å². The smallest absolute Gasteiger partial charge is 0.226 e. The molecule has 100 valence electrons. The monoisotopic (exact) mass is 257 g/mol. The summed E-state index contributed by atoms with van der Waals surface area (Å²) < 4.78 is 2.15. The van der Waals surface area contributed by atoms with Gasteiger partial charge in [-0.05, 0) is 45.0 Å². The quantitative estimate of drug-likeness (QED) is 0.915. The molecular weight excluding hydrogens is 238 g/mol. The minimum atomic E-state index is 0.0260. The molecule has 0 unspecified atom stereocenters. The minimum Gasteiger partial charge on any atom is -0.349 e. The third-order valence-corrected chi connectivity index (χ3v) is 3.16. The lowest BCUT2D eigenvalue weighted by Crippen LogP contribution is -2.15. The Labute approximate surface area is 113 Å². The average Bonchev–Trinajstić information content (AvgIpc) is 2.67. The second-order valence-corrected chi connectivity index (χ2v) is 4.75. The fraction of sp³-hybridized carbons (Fsp3) is 0.333. The molecule has 0 aliphatic carbocycles. The number of aromatic nitrogens is 2. The highest BCUT2D eigenvalue weighted by Crippen LogP contribution is 2.10. The molecule has 2 aromatic rings. The summed E-state index contributed by atoms with van der Waals surface area (Å²) in [5.41, 5.74) is 4.07. The van der Waals surface area contributed by atoms with Crippen molar-refractivity contribution in [2.45, 2.75) is 33.7 Å². The number of hydrogen-bond acceptors (Lipinski definition) is 2. The van der Waals surface area contributed by atoms with Gasteiger partial charge in [0.1, 0.15) is 0 Å². The molecule has 4 nitrogen and oxygen atoms in total. The Morgan fingerprint density at radius 1 is 1.21 bits per heavy atom. The molecule has 0 radical (unpaired) electrons. The van der Waals surface area contributed by atoms with Crippen LogP contribution >= 0.6 is 0 Å². The molecule has 0 aliphatic rings. The first-order valence-corrected chi connectivity index (χ1v) is 6.41. The first-order chi connectivity index (χ1) is 9.06. The van der Waals surface area contributed by atoms with Crippen LogP contribution in [0.4, 0.5) is 5.69 Å². The lowest BCUT2D eigenvalue weighted by molar-refractivity contribution is -0.116. The summed E-state index contributed by atoms with van der Waals surface area (Å²) in [4.78, 5) is 16.0. The van der Waals surface area contributed by atoms with Gasteiger partial charge >= 0.3 is 0 Å². The van der Waals surface area contributed by atoms with Crippen LogP contribution in [0.3, 0.4) is 0 Å². The molecule has 1 N–H and O–H groups in total. The summed E-state index contributed by atoms with van der Waals surface area (Å²) in [6.07, 6.45) is 2.17. The van der Waals surface area contributed by atoms with E-state index in [1.54, 1.807) is 12.3 Å². The van der Waals surface area contributed by atoms with Gasteiger partial charge in [0, 0.05) is 41.9 Å². The molecule has 0 bridgehead atoms. The van der Waals surface area contributed by atoms with E-state index in [1.807, 2.05) is 13.0 Å². The van der Waals surface area contributed by atoms with E-state index in [0.29, 0.717) is 13.0 Å². The molecule has 4 heteroatoms. The van der Waals surface area contributed by atoms with Crippen molar-refractivity contribution in [3.63, 3.8) is 0 Å². The van der Waals surface area contributed by atoms with Gasteiger partial charge in [-0.3, -0.25) is 9.78 Å². The van der Waals surface area contributed by atoms with Crippen LogP contribution in [0.5, 0.6) is 0 Å². The van der Waals surface area contributed by atoms with Gasteiger partial charge in [-0.1, -0.05) is 0 Å². The van der Waals surface area contributed by atoms with Crippen molar-refractivity contribution < 1.29 is 4.79 Å². The largest absolute Gasteiger partial charge is 0.349 e. The Kier molecular flexibility index (Phi) is 4.00. The van der Waals surface area contributed by atoms with Crippen LogP contribution in [0.25, 0.3) is 0 Å². The molecule has 0 spiro atoms. The highest BCUT2D eigenvalue weighted by Gasteiger charge is 2.06. The van der Waals surface area contributed by atoms with Gasteiger partial charge in [-0.25, -0.2) is 0 Å². The number of anilines is 1. The van der Waals surface area contributed by atoms with Crippen molar-refractivity contribution in [1.82, 2.24) is 9.55 Å².